The van der Waals surface area contributed by atoms with E-state index in [0.29, 0.717) is 56.3 Å². The monoisotopic (exact) mass is 542 g/mol. The fourth-order valence-electron chi connectivity index (χ4n) is 3.42. The van der Waals surface area contributed by atoms with Gasteiger partial charge in [-0.2, -0.15) is 0 Å². The van der Waals surface area contributed by atoms with Gasteiger partial charge < -0.3 is 19.5 Å². The largest absolute Gasteiger partial charge is 0.494 e. The van der Waals surface area contributed by atoms with E-state index in [1.807, 2.05) is 56.3 Å². The van der Waals surface area contributed by atoms with Crippen LogP contribution < -0.4 is 19.5 Å². The molecule has 1 fully saturated rings. The van der Waals surface area contributed by atoms with E-state index in [-0.39, 0.29) is 5.91 Å². The molecule has 0 spiro atoms. The summed E-state index contributed by atoms with van der Waals surface area (Å²) < 4.78 is 17.1. The third-order valence-corrected chi connectivity index (χ3v) is 6.80. The Balaban J connectivity index is 1.52. The number of halogens is 2. The zero-order valence-corrected chi connectivity index (χ0v) is 22.3. The number of methoxy groups -OCH3 is 1. The second-order valence-electron chi connectivity index (χ2n) is 7.83. The minimum Gasteiger partial charge on any atom is -0.494 e. The third kappa shape index (κ3) is 6.35. The molecule has 0 bridgehead atoms. The summed E-state index contributed by atoms with van der Waals surface area (Å²) in [4.78, 5) is 17.7. The van der Waals surface area contributed by atoms with Gasteiger partial charge in [-0.1, -0.05) is 41.4 Å². The highest BCUT2D eigenvalue weighted by Crippen LogP contribution is 2.35. The van der Waals surface area contributed by atoms with Crippen LogP contribution in [0.4, 0.5) is 5.69 Å². The zero-order valence-electron chi connectivity index (χ0n) is 19.9. The van der Waals surface area contributed by atoms with Crippen molar-refractivity contribution in [2.24, 2.45) is 4.99 Å². The Morgan fingerprint density at radius 3 is 2.53 bits per heavy atom. The summed E-state index contributed by atoms with van der Waals surface area (Å²) in [5.41, 5.74) is 3.38. The molecule has 0 aromatic heterocycles. The number of nitrogens with one attached hydrogen (secondary N) is 1. The quantitative estimate of drug-likeness (QED) is 0.305. The molecule has 1 aliphatic heterocycles. The molecule has 0 radical (unpaired) electrons. The third-order valence-electron chi connectivity index (χ3n) is 5.15. The van der Waals surface area contributed by atoms with Gasteiger partial charge in [0.1, 0.15) is 18.0 Å². The minimum absolute atomic E-state index is 0.219. The molecule has 6 nitrogen and oxygen atoms in total. The highest BCUT2D eigenvalue weighted by molar-refractivity contribution is 8.18. The number of carbonyl (C=O) groups is 1. The van der Waals surface area contributed by atoms with Gasteiger partial charge in [0.05, 0.1) is 28.7 Å². The fraction of sp³-hybridized carbons (Fsp3) is 0.185. The lowest BCUT2D eigenvalue weighted by Crippen LogP contribution is -2.19. The first-order chi connectivity index (χ1) is 17.4. The molecular formula is C27H24Cl2N2O4S. The van der Waals surface area contributed by atoms with Gasteiger partial charge in [0.15, 0.2) is 16.7 Å². The van der Waals surface area contributed by atoms with Gasteiger partial charge in [-0.3, -0.25) is 4.79 Å². The Labute approximate surface area is 224 Å². The molecule has 0 aliphatic carbocycles. The molecule has 0 saturated carbocycles. The molecule has 36 heavy (non-hydrogen) atoms. The number of carbonyl (C=O) groups excluding carboxylic acids is 1. The van der Waals surface area contributed by atoms with Crippen molar-refractivity contribution in [3.05, 3.63) is 86.2 Å². The van der Waals surface area contributed by atoms with E-state index < -0.39 is 0 Å². The van der Waals surface area contributed by atoms with Crippen molar-refractivity contribution in [3.8, 4) is 17.2 Å². The van der Waals surface area contributed by atoms with Crippen LogP contribution in [0.15, 0.2) is 64.5 Å². The van der Waals surface area contributed by atoms with Gasteiger partial charge in [0, 0.05) is 0 Å². The van der Waals surface area contributed by atoms with Crippen LogP contribution in [0, 0.1) is 6.92 Å². The summed E-state index contributed by atoms with van der Waals surface area (Å²) in [6.45, 7) is 4.64. The average Bonchev–Trinajstić information content (AvgIpc) is 3.19. The van der Waals surface area contributed by atoms with Crippen molar-refractivity contribution in [2.45, 2.75) is 20.5 Å². The van der Waals surface area contributed by atoms with E-state index in [0.717, 1.165) is 16.7 Å². The van der Waals surface area contributed by atoms with E-state index in [2.05, 4.69) is 10.3 Å². The summed E-state index contributed by atoms with van der Waals surface area (Å²) >= 11 is 13.4. The molecule has 3 aromatic rings. The van der Waals surface area contributed by atoms with Gasteiger partial charge in [0.25, 0.3) is 5.91 Å². The Kier molecular flexibility index (Phi) is 8.46. The van der Waals surface area contributed by atoms with Crippen molar-refractivity contribution in [2.75, 3.05) is 13.7 Å². The number of aliphatic imine (C=N–C) groups is 1. The number of amides is 1. The number of aryl methyl sites for hydroxylation is 1. The molecule has 186 valence electrons. The maximum atomic E-state index is 12.6. The molecule has 9 heteroatoms. The summed E-state index contributed by atoms with van der Waals surface area (Å²) in [5.74, 6) is 1.58. The van der Waals surface area contributed by atoms with E-state index in [1.54, 1.807) is 25.3 Å². The van der Waals surface area contributed by atoms with Crippen LogP contribution in [0.25, 0.3) is 6.08 Å². The van der Waals surface area contributed by atoms with E-state index in [9.17, 15) is 4.79 Å². The average molecular weight is 543 g/mol. The molecule has 0 atom stereocenters. The Morgan fingerprint density at radius 2 is 1.78 bits per heavy atom. The second-order valence-corrected chi connectivity index (χ2v) is 9.68. The SMILES string of the molecule is CCOc1cc(/C=C2\SC(=Nc3cc(C)ccc3OC)NC2=O)ccc1OCc1ccc(Cl)c(Cl)c1. The first-order valence-corrected chi connectivity index (χ1v) is 12.7. The minimum atomic E-state index is -0.219. The van der Waals surface area contributed by atoms with Crippen molar-refractivity contribution in [1.29, 1.82) is 0 Å². The van der Waals surface area contributed by atoms with Crippen molar-refractivity contribution >= 4 is 57.8 Å². The number of thioether (sulfide) groups is 1. The summed E-state index contributed by atoms with van der Waals surface area (Å²) in [6, 6.07) is 16.6. The zero-order chi connectivity index (χ0) is 25.7. The predicted octanol–water partition coefficient (Wildman–Crippen LogP) is 7.18. The van der Waals surface area contributed by atoms with Gasteiger partial charge >= 0.3 is 0 Å². The van der Waals surface area contributed by atoms with Gasteiger partial charge in [-0.05, 0) is 84.8 Å². The first kappa shape index (κ1) is 25.9. The van der Waals surface area contributed by atoms with Crippen LogP contribution in [0.1, 0.15) is 23.6 Å². The number of ether oxygens (including phenoxy) is 3. The van der Waals surface area contributed by atoms with Crippen LogP contribution in [0.5, 0.6) is 17.2 Å². The molecule has 3 aromatic carbocycles. The number of amidine groups is 1. The number of rotatable bonds is 8. The molecule has 0 unspecified atom stereocenters. The second kappa shape index (κ2) is 11.7. The molecule has 1 aliphatic rings. The lowest BCUT2D eigenvalue weighted by atomic mass is 10.2. The normalized spacial score (nSPS) is 15.3. The lowest BCUT2D eigenvalue weighted by molar-refractivity contribution is -0.115. The Hall–Kier alpha value is -3.13. The predicted molar refractivity (Wildman–Crippen MR) is 147 cm³/mol. The van der Waals surface area contributed by atoms with E-state index in [4.69, 9.17) is 37.4 Å². The number of benzene rings is 3. The van der Waals surface area contributed by atoms with E-state index in [1.165, 1.54) is 11.8 Å². The number of hydrogen-bond acceptors (Lipinski definition) is 6. The van der Waals surface area contributed by atoms with Gasteiger partial charge in [-0.15, -0.1) is 0 Å². The molecular weight excluding hydrogens is 519 g/mol. The molecule has 1 heterocycles. The lowest BCUT2D eigenvalue weighted by Gasteiger charge is -2.13. The number of nitrogens with zero attached hydrogens (tertiary/aromatic N) is 1. The van der Waals surface area contributed by atoms with Crippen LogP contribution in [-0.2, 0) is 11.4 Å². The Bertz CT molecular complexity index is 1360. The van der Waals surface area contributed by atoms with Crippen LogP contribution in [0.2, 0.25) is 10.0 Å². The van der Waals surface area contributed by atoms with Gasteiger partial charge in [0.2, 0.25) is 0 Å². The molecule has 1 amide bonds. The van der Waals surface area contributed by atoms with Crippen LogP contribution in [0.3, 0.4) is 0 Å². The maximum Gasteiger partial charge on any atom is 0.264 e. The molecule has 1 saturated heterocycles. The summed E-state index contributed by atoms with van der Waals surface area (Å²) in [7, 11) is 1.59. The summed E-state index contributed by atoms with van der Waals surface area (Å²) in [5, 5.41) is 4.27. The van der Waals surface area contributed by atoms with Crippen LogP contribution >= 0.6 is 35.0 Å². The van der Waals surface area contributed by atoms with Crippen LogP contribution in [-0.4, -0.2) is 24.8 Å². The summed E-state index contributed by atoms with van der Waals surface area (Å²) in [6.07, 6.45) is 1.79. The Morgan fingerprint density at radius 1 is 0.972 bits per heavy atom. The van der Waals surface area contributed by atoms with Gasteiger partial charge in [-0.25, -0.2) is 4.99 Å². The van der Waals surface area contributed by atoms with E-state index >= 15 is 0 Å². The van der Waals surface area contributed by atoms with Crippen molar-refractivity contribution in [1.82, 2.24) is 5.32 Å². The molecule has 4 rings (SSSR count). The smallest absolute Gasteiger partial charge is 0.264 e. The maximum absolute atomic E-state index is 12.6. The van der Waals surface area contributed by atoms with Crippen molar-refractivity contribution < 1.29 is 19.0 Å². The fourth-order valence-corrected chi connectivity index (χ4v) is 4.58. The highest BCUT2D eigenvalue weighted by Gasteiger charge is 2.24. The topological polar surface area (TPSA) is 69.2 Å². The highest BCUT2D eigenvalue weighted by atomic mass is 35.5. The standard InChI is InChI=1S/C27H24Cl2N2O4S/c1-4-34-24-13-17(7-10-23(24)35-15-18-6-8-19(28)20(29)12-18)14-25-26(32)31-27(36-25)30-21-11-16(2)5-9-22(21)33-3/h5-14H,4,15H2,1-3H3,(H,30,31,32)/b25-14-. The number of hydrogen-bond donors (Lipinski definition) is 1. The first-order valence-electron chi connectivity index (χ1n) is 11.1. The van der Waals surface area contributed by atoms with Crippen molar-refractivity contribution in [3.63, 3.8) is 0 Å². The molecule has 1 N–H and O–H groups in total.